The van der Waals surface area contributed by atoms with Crippen LogP contribution in [0.15, 0.2) is 12.4 Å². The first-order valence-electron chi connectivity index (χ1n) is 6.67. The molecule has 0 aliphatic carbocycles. The number of carbonyl (C=O) groups excluding carboxylic acids is 1. The molecule has 1 heterocycles. The van der Waals surface area contributed by atoms with Gasteiger partial charge in [0.05, 0.1) is 12.0 Å². The number of aromatic nitrogens is 2. The van der Waals surface area contributed by atoms with Crippen molar-refractivity contribution in [1.82, 2.24) is 14.5 Å². The zero-order chi connectivity index (χ0) is 15.3. The Hall–Kier alpha value is -1.50. The Kier molecular flexibility index (Phi) is 5.62. The van der Waals surface area contributed by atoms with Gasteiger partial charge in [0, 0.05) is 26.0 Å². The summed E-state index contributed by atoms with van der Waals surface area (Å²) in [6, 6.07) is 0. The third kappa shape index (κ3) is 3.15. The molecule has 5 nitrogen and oxygen atoms in total. The highest BCUT2D eigenvalue weighted by Crippen LogP contribution is 2.28. The van der Waals surface area contributed by atoms with Gasteiger partial charge in [-0.15, -0.1) is 0 Å². The van der Waals surface area contributed by atoms with Crippen molar-refractivity contribution in [3.05, 3.63) is 18.2 Å². The predicted molar refractivity (Wildman–Crippen MR) is 72.0 cm³/mol. The van der Waals surface area contributed by atoms with Gasteiger partial charge < -0.3 is 10.6 Å². The van der Waals surface area contributed by atoms with Crippen LogP contribution in [0.4, 0.5) is 8.78 Å². The Morgan fingerprint density at radius 2 is 2.10 bits per heavy atom. The van der Waals surface area contributed by atoms with Crippen LogP contribution in [0, 0.1) is 5.41 Å². The molecule has 0 aliphatic heterocycles. The highest BCUT2D eigenvalue weighted by molar-refractivity contribution is 5.82. The van der Waals surface area contributed by atoms with Crippen molar-refractivity contribution in [2.45, 2.75) is 39.8 Å². The number of rotatable bonds is 7. The normalized spacial score (nSPS) is 11.9. The molecule has 0 atom stereocenters. The van der Waals surface area contributed by atoms with Gasteiger partial charge in [-0.25, -0.2) is 4.98 Å². The SMILES string of the molecule is CCC(CC)(CN)C(=O)N(C)Cc1nccn1C(F)F. The van der Waals surface area contributed by atoms with E-state index < -0.39 is 12.0 Å². The molecule has 0 unspecified atom stereocenters. The largest absolute Gasteiger partial charge is 0.338 e. The molecule has 7 heteroatoms. The minimum Gasteiger partial charge on any atom is -0.338 e. The smallest absolute Gasteiger partial charge is 0.319 e. The van der Waals surface area contributed by atoms with Crippen molar-refractivity contribution in [3.8, 4) is 0 Å². The highest BCUT2D eigenvalue weighted by atomic mass is 19.3. The van der Waals surface area contributed by atoms with Crippen molar-refractivity contribution in [3.63, 3.8) is 0 Å². The van der Waals surface area contributed by atoms with Crippen molar-refractivity contribution in [2.75, 3.05) is 13.6 Å². The van der Waals surface area contributed by atoms with Gasteiger partial charge in [-0.1, -0.05) is 13.8 Å². The van der Waals surface area contributed by atoms with Gasteiger partial charge in [-0.05, 0) is 12.8 Å². The summed E-state index contributed by atoms with van der Waals surface area (Å²) in [4.78, 5) is 17.8. The van der Waals surface area contributed by atoms with Crippen LogP contribution in [0.25, 0.3) is 0 Å². The summed E-state index contributed by atoms with van der Waals surface area (Å²) in [5.74, 6) is 0.0304. The van der Waals surface area contributed by atoms with Gasteiger partial charge in [0.25, 0.3) is 0 Å². The molecule has 0 radical (unpaired) electrons. The van der Waals surface area contributed by atoms with Crippen LogP contribution >= 0.6 is 0 Å². The standard InChI is InChI=1S/C13H22F2N4O/c1-4-13(5-2,9-16)11(20)18(3)8-10-17-6-7-19(10)12(14)15/h6-7,12H,4-5,8-9,16H2,1-3H3. The molecular formula is C13H22F2N4O. The van der Waals surface area contributed by atoms with Gasteiger partial charge in [-0.2, -0.15) is 8.78 Å². The summed E-state index contributed by atoms with van der Waals surface area (Å²) < 4.78 is 26.2. The van der Waals surface area contributed by atoms with E-state index in [0.717, 1.165) is 4.57 Å². The zero-order valence-corrected chi connectivity index (χ0v) is 12.1. The van der Waals surface area contributed by atoms with E-state index in [-0.39, 0.29) is 24.8 Å². The molecule has 0 spiro atoms. The third-order valence-electron chi connectivity index (χ3n) is 3.88. The van der Waals surface area contributed by atoms with Crippen molar-refractivity contribution in [1.29, 1.82) is 0 Å². The fourth-order valence-corrected chi connectivity index (χ4v) is 2.26. The number of amides is 1. The summed E-state index contributed by atoms with van der Waals surface area (Å²) >= 11 is 0. The second-order valence-corrected chi connectivity index (χ2v) is 4.88. The number of nitrogens with two attached hydrogens (primary N) is 1. The van der Waals surface area contributed by atoms with E-state index in [1.807, 2.05) is 13.8 Å². The second-order valence-electron chi connectivity index (χ2n) is 4.88. The molecule has 0 saturated heterocycles. The number of hydrogen-bond donors (Lipinski definition) is 1. The number of hydrogen-bond acceptors (Lipinski definition) is 3. The summed E-state index contributed by atoms with van der Waals surface area (Å²) in [6.07, 6.45) is 3.74. The van der Waals surface area contributed by atoms with Gasteiger partial charge in [0.15, 0.2) is 0 Å². The molecule has 0 aromatic carbocycles. The Bertz CT molecular complexity index is 435. The maximum Gasteiger partial charge on any atom is 0.319 e. The molecule has 0 aliphatic rings. The number of nitrogens with zero attached hydrogens (tertiary/aromatic N) is 3. The van der Waals surface area contributed by atoms with Crippen LogP contribution in [0.1, 0.15) is 39.1 Å². The van der Waals surface area contributed by atoms with E-state index >= 15 is 0 Å². The highest BCUT2D eigenvalue weighted by Gasteiger charge is 2.36. The number of carbonyl (C=O) groups is 1. The maximum absolute atomic E-state index is 12.7. The Balaban J connectivity index is 2.87. The van der Waals surface area contributed by atoms with E-state index in [9.17, 15) is 13.6 Å². The second kappa shape index (κ2) is 6.78. The lowest BCUT2D eigenvalue weighted by Crippen LogP contribution is -2.46. The van der Waals surface area contributed by atoms with Crippen molar-refractivity contribution < 1.29 is 13.6 Å². The monoisotopic (exact) mass is 288 g/mol. The Labute approximate surface area is 117 Å². The minimum absolute atomic E-state index is 0.0396. The molecule has 1 rings (SSSR count). The average molecular weight is 288 g/mol. The maximum atomic E-state index is 12.7. The van der Waals surface area contributed by atoms with Gasteiger partial charge in [0.1, 0.15) is 5.82 Å². The van der Waals surface area contributed by atoms with E-state index in [4.69, 9.17) is 5.73 Å². The molecule has 0 bridgehead atoms. The molecule has 0 fully saturated rings. The van der Waals surface area contributed by atoms with Gasteiger partial charge in [-0.3, -0.25) is 9.36 Å². The quantitative estimate of drug-likeness (QED) is 0.834. The summed E-state index contributed by atoms with van der Waals surface area (Å²) in [5, 5.41) is 0. The fourth-order valence-electron chi connectivity index (χ4n) is 2.26. The molecule has 114 valence electrons. The summed E-state index contributed by atoms with van der Waals surface area (Å²) in [7, 11) is 1.59. The lowest BCUT2D eigenvalue weighted by molar-refractivity contribution is -0.141. The lowest BCUT2D eigenvalue weighted by Gasteiger charge is -2.33. The molecule has 20 heavy (non-hydrogen) atoms. The van der Waals surface area contributed by atoms with Crippen LogP contribution in [-0.4, -0.2) is 34.0 Å². The van der Waals surface area contributed by atoms with Crippen LogP contribution in [0.2, 0.25) is 0 Å². The first kappa shape index (κ1) is 16.6. The molecule has 2 N–H and O–H groups in total. The topological polar surface area (TPSA) is 64.2 Å². The van der Waals surface area contributed by atoms with E-state index in [2.05, 4.69) is 4.98 Å². The van der Waals surface area contributed by atoms with Gasteiger partial charge >= 0.3 is 6.55 Å². The minimum atomic E-state index is -2.66. The van der Waals surface area contributed by atoms with Crippen LogP contribution in [0.3, 0.4) is 0 Å². The average Bonchev–Trinajstić information content (AvgIpc) is 2.89. The predicted octanol–water partition coefficient (Wildman–Crippen LogP) is 2.00. The Morgan fingerprint density at radius 1 is 1.50 bits per heavy atom. The molecule has 1 aromatic rings. The molecule has 1 aromatic heterocycles. The van der Waals surface area contributed by atoms with Crippen LogP contribution in [0.5, 0.6) is 0 Å². The number of imidazole rings is 1. The molecule has 1 amide bonds. The van der Waals surface area contributed by atoms with Gasteiger partial charge in [0.2, 0.25) is 5.91 Å². The fraction of sp³-hybridized carbons (Fsp3) is 0.692. The molecular weight excluding hydrogens is 266 g/mol. The van der Waals surface area contributed by atoms with E-state index in [0.29, 0.717) is 12.8 Å². The van der Waals surface area contributed by atoms with E-state index in [1.54, 1.807) is 7.05 Å². The lowest BCUT2D eigenvalue weighted by atomic mass is 9.81. The number of alkyl halides is 2. The van der Waals surface area contributed by atoms with Crippen LogP contribution in [-0.2, 0) is 11.3 Å². The van der Waals surface area contributed by atoms with Crippen molar-refractivity contribution in [2.24, 2.45) is 11.1 Å². The third-order valence-corrected chi connectivity index (χ3v) is 3.88. The van der Waals surface area contributed by atoms with E-state index in [1.165, 1.54) is 17.3 Å². The first-order valence-corrected chi connectivity index (χ1v) is 6.67. The summed E-state index contributed by atoms with van der Waals surface area (Å²) in [6.45, 7) is 1.43. The van der Waals surface area contributed by atoms with Crippen LogP contribution < -0.4 is 5.73 Å². The first-order chi connectivity index (χ1) is 9.41. The summed E-state index contributed by atoms with van der Waals surface area (Å²) in [5.41, 5.74) is 5.10. The Morgan fingerprint density at radius 3 is 2.55 bits per heavy atom. The zero-order valence-electron chi connectivity index (χ0n) is 12.1. The number of halogens is 2. The molecule has 0 saturated carbocycles. The van der Waals surface area contributed by atoms with Crippen molar-refractivity contribution >= 4 is 5.91 Å².